The Morgan fingerprint density at radius 3 is 2.33 bits per heavy atom. The number of hydrogen-bond acceptors (Lipinski definition) is 2. The van der Waals surface area contributed by atoms with E-state index >= 15 is 0 Å². The molecule has 0 aliphatic heterocycles. The average Bonchev–Trinajstić information content (AvgIpc) is 2.33. The van der Waals surface area contributed by atoms with Crippen LogP contribution in [0.15, 0.2) is 41.2 Å². The minimum atomic E-state index is -0.296. The number of rotatable bonds is 2. The molecular weight excluding hydrogens is 228 g/mol. The van der Waals surface area contributed by atoms with Crippen molar-refractivity contribution in [1.82, 2.24) is 4.98 Å². The van der Waals surface area contributed by atoms with Crippen LogP contribution >= 0.6 is 0 Å². The number of H-pyrrole nitrogens is 1. The average molecular weight is 242 g/mol. The van der Waals surface area contributed by atoms with Crippen molar-refractivity contribution in [3.8, 4) is 0 Å². The number of pyridine rings is 1. The minimum absolute atomic E-state index is 0.256. The molecular formula is C14H14N2O2. The van der Waals surface area contributed by atoms with Gasteiger partial charge in [-0.2, -0.15) is 0 Å². The zero-order valence-electron chi connectivity index (χ0n) is 10.3. The molecule has 1 aromatic heterocycles. The fourth-order valence-electron chi connectivity index (χ4n) is 1.57. The number of carbonyl (C=O) groups is 1. The van der Waals surface area contributed by atoms with Crippen molar-refractivity contribution in [2.24, 2.45) is 0 Å². The van der Waals surface area contributed by atoms with Gasteiger partial charge in [0.05, 0.1) is 0 Å². The minimum Gasteiger partial charge on any atom is -0.325 e. The molecule has 4 nitrogen and oxygen atoms in total. The monoisotopic (exact) mass is 242 g/mol. The fourth-order valence-corrected chi connectivity index (χ4v) is 1.57. The predicted molar refractivity (Wildman–Crippen MR) is 70.9 cm³/mol. The number of carbonyl (C=O) groups excluding carboxylic acids is 1. The molecule has 0 aliphatic rings. The highest BCUT2D eigenvalue weighted by atomic mass is 16.2. The van der Waals surface area contributed by atoms with Crippen LogP contribution in [0.2, 0.25) is 0 Å². The Balaban J connectivity index is 2.21. The van der Waals surface area contributed by atoms with Gasteiger partial charge in [-0.1, -0.05) is 17.7 Å². The first-order chi connectivity index (χ1) is 8.56. The first-order valence-corrected chi connectivity index (χ1v) is 5.64. The second-order valence-corrected chi connectivity index (χ2v) is 4.20. The van der Waals surface area contributed by atoms with Crippen LogP contribution < -0.4 is 10.9 Å². The van der Waals surface area contributed by atoms with E-state index in [0.29, 0.717) is 5.56 Å². The fraction of sp³-hybridized carbons (Fsp3) is 0.143. The maximum Gasteiger partial charge on any atom is 0.271 e. The second-order valence-electron chi connectivity index (χ2n) is 4.20. The Kier molecular flexibility index (Phi) is 3.28. The van der Waals surface area contributed by atoms with E-state index in [1.165, 1.54) is 0 Å². The lowest BCUT2D eigenvalue weighted by atomic mass is 10.1. The highest BCUT2D eigenvalue weighted by Crippen LogP contribution is 2.06. The zero-order valence-corrected chi connectivity index (χ0v) is 10.3. The SMILES string of the molecule is Cc1ccc(C(=O)Nc2ccc(C)[nH]c2=O)cc1. The summed E-state index contributed by atoms with van der Waals surface area (Å²) in [6.45, 7) is 3.74. The predicted octanol–water partition coefficient (Wildman–Crippen LogP) is 2.24. The molecule has 92 valence electrons. The van der Waals surface area contributed by atoms with E-state index in [1.807, 2.05) is 19.1 Å². The van der Waals surface area contributed by atoms with Crippen molar-refractivity contribution in [2.75, 3.05) is 5.32 Å². The summed E-state index contributed by atoms with van der Waals surface area (Å²) in [6, 6.07) is 10.5. The molecule has 0 spiro atoms. The zero-order chi connectivity index (χ0) is 13.1. The van der Waals surface area contributed by atoms with Crippen molar-refractivity contribution < 1.29 is 4.79 Å². The van der Waals surface area contributed by atoms with Gasteiger partial charge in [0.15, 0.2) is 0 Å². The second kappa shape index (κ2) is 4.87. The van der Waals surface area contributed by atoms with Gasteiger partial charge in [-0.05, 0) is 38.1 Å². The first kappa shape index (κ1) is 12.1. The molecule has 0 fully saturated rings. The third kappa shape index (κ3) is 2.66. The van der Waals surface area contributed by atoms with Crippen molar-refractivity contribution >= 4 is 11.6 Å². The van der Waals surface area contributed by atoms with Gasteiger partial charge in [0, 0.05) is 11.3 Å². The molecule has 0 unspecified atom stereocenters. The van der Waals surface area contributed by atoms with E-state index in [0.717, 1.165) is 11.3 Å². The van der Waals surface area contributed by atoms with Crippen LogP contribution in [0.4, 0.5) is 5.69 Å². The molecule has 0 bridgehead atoms. The molecule has 1 aromatic carbocycles. The molecule has 4 heteroatoms. The van der Waals surface area contributed by atoms with Crippen molar-refractivity contribution in [2.45, 2.75) is 13.8 Å². The summed E-state index contributed by atoms with van der Waals surface area (Å²) in [5.41, 5.74) is 2.33. The van der Waals surface area contributed by atoms with Crippen LogP contribution in [0.3, 0.4) is 0 Å². The molecule has 0 saturated carbocycles. The molecule has 1 amide bonds. The van der Waals surface area contributed by atoms with E-state index in [-0.39, 0.29) is 17.2 Å². The van der Waals surface area contributed by atoms with Gasteiger partial charge in [0.2, 0.25) is 0 Å². The molecule has 0 aliphatic carbocycles. The number of nitrogens with one attached hydrogen (secondary N) is 2. The molecule has 0 atom stereocenters. The molecule has 0 saturated heterocycles. The number of aryl methyl sites for hydroxylation is 2. The van der Waals surface area contributed by atoms with E-state index in [9.17, 15) is 9.59 Å². The summed E-state index contributed by atoms with van der Waals surface area (Å²) < 4.78 is 0. The van der Waals surface area contributed by atoms with E-state index in [4.69, 9.17) is 0 Å². The van der Waals surface area contributed by atoms with Crippen LogP contribution in [0, 0.1) is 13.8 Å². The van der Waals surface area contributed by atoms with Crippen LogP contribution in [0.25, 0.3) is 0 Å². The Morgan fingerprint density at radius 2 is 1.72 bits per heavy atom. The quantitative estimate of drug-likeness (QED) is 0.848. The highest BCUT2D eigenvalue weighted by molar-refractivity contribution is 6.04. The number of aromatic nitrogens is 1. The van der Waals surface area contributed by atoms with Crippen molar-refractivity contribution in [1.29, 1.82) is 0 Å². The highest BCUT2D eigenvalue weighted by Gasteiger charge is 2.07. The normalized spacial score (nSPS) is 10.1. The lowest BCUT2D eigenvalue weighted by Crippen LogP contribution is -2.20. The first-order valence-electron chi connectivity index (χ1n) is 5.64. The number of anilines is 1. The number of amides is 1. The number of hydrogen-bond donors (Lipinski definition) is 2. The molecule has 2 N–H and O–H groups in total. The van der Waals surface area contributed by atoms with Crippen LogP contribution in [0.1, 0.15) is 21.6 Å². The smallest absolute Gasteiger partial charge is 0.271 e. The van der Waals surface area contributed by atoms with Gasteiger partial charge in [0.1, 0.15) is 5.69 Å². The van der Waals surface area contributed by atoms with E-state index < -0.39 is 0 Å². The van der Waals surface area contributed by atoms with Gasteiger partial charge in [-0.15, -0.1) is 0 Å². The van der Waals surface area contributed by atoms with Crippen LogP contribution in [0.5, 0.6) is 0 Å². The summed E-state index contributed by atoms with van der Waals surface area (Å²) >= 11 is 0. The molecule has 1 heterocycles. The molecule has 0 radical (unpaired) electrons. The van der Waals surface area contributed by atoms with Gasteiger partial charge in [-0.25, -0.2) is 0 Å². The summed E-state index contributed by atoms with van der Waals surface area (Å²) in [4.78, 5) is 26.1. The summed E-state index contributed by atoms with van der Waals surface area (Å²) in [5.74, 6) is -0.288. The van der Waals surface area contributed by atoms with Gasteiger partial charge < -0.3 is 10.3 Å². The summed E-state index contributed by atoms with van der Waals surface area (Å²) in [5, 5.41) is 2.59. The topological polar surface area (TPSA) is 62.0 Å². The molecule has 2 aromatic rings. The van der Waals surface area contributed by atoms with Crippen LogP contribution in [-0.2, 0) is 0 Å². The van der Waals surface area contributed by atoms with Gasteiger partial charge in [0.25, 0.3) is 11.5 Å². The lowest BCUT2D eigenvalue weighted by molar-refractivity contribution is 0.102. The number of benzene rings is 1. The summed E-state index contributed by atoms with van der Waals surface area (Å²) in [6.07, 6.45) is 0. The maximum atomic E-state index is 11.9. The lowest BCUT2D eigenvalue weighted by Gasteiger charge is -2.05. The van der Waals surface area contributed by atoms with Gasteiger partial charge in [-0.3, -0.25) is 9.59 Å². The van der Waals surface area contributed by atoms with Crippen LogP contribution in [-0.4, -0.2) is 10.9 Å². The molecule has 18 heavy (non-hydrogen) atoms. The Bertz CT molecular complexity index is 627. The van der Waals surface area contributed by atoms with Crippen molar-refractivity contribution in [3.63, 3.8) is 0 Å². The summed E-state index contributed by atoms with van der Waals surface area (Å²) in [7, 11) is 0. The number of aromatic amines is 1. The Labute approximate surface area is 105 Å². The maximum absolute atomic E-state index is 11.9. The Hall–Kier alpha value is -2.36. The molecule has 2 rings (SSSR count). The largest absolute Gasteiger partial charge is 0.325 e. The van der Waals surface area contributed by atoms with Crippen molar-refractivity contribution in [3.05, 3.63) is 63.6 Å². The van der Waals surface area contributed by atoms with E-state index in [1.54, 1.807) is 31.2 Å². The third-order valence-corrected chi connectivity index (χ3v) is 2.62. The van der Waals surface area contributed by atoms with E-state index in [2.05, 4.69) is 10.3 Å². The standard InChI is InChI=1S/C14H14N2O2/c1-9-3-6-11(7-4-9)13(17)16-12-8-5-10(2)15-14(12)18/h3-8H,1-2H3,(H,15,18)(H,16,17). The third-order valence-electron chi connectivity index (χ3n) is 2.62. The Morgan fingerprint density at radius 1 is 1.06 bits per heavy atom. The van der Waals surface area contributed by atoms with Gasteiger partial charge >= 0.3 is 0 Å².